The highest BCUT2D eigenvalue weighted by Gasteiger charge is 2.84. The maximum absolute atomic E-state index is 15.1. The second-order valence-corrected chi connectivity index (χ2v) is 7.95. The van der Waals surface area contributed by atoms with Gasteiger partial charge in [0.25, 0.3) is 0 Å². The molecule has 0 aliphatic heterocycles. The molecule has 1 unspecified atom stereocenters. The van der Waals surface area contributed by atoms with Crippen LogP contribution < -0.4 is 0 Å². The summed E-state index contributed by atoms with van der Waals surface area (Å²) in [4.78, 5) is 0. The number of halogens is 6. The zero-order valence-electron chi connectivity index (χ0n) is 17.7. The Labute approximate surface area is 174 Å². The van der Waals surface area contributed by atoms with Crippen molar-refractivity contribution in [3.05, 3.63) is 71.8 Å². The lowest BCUT2D eigenvalue weighted by atomic mass is 9.44. The summed E-state index contributed by atoms with van der Waals surface area (Å²) in [6.45, 7) is 5.36. The van der Waals surface area contributed by atoms with Crippen molar-refractivity contribution in [3.8, 4) is 0 Å². The van der Waals surface area contributed by atoms with E-state index in [0.717, 1.165) is 6.92 Å². The SMILES string of the molecule is CCC(C)(c1ccccc1)C(C(F)(F)F)(C(F)(F)F)C(CC)(CC)c1ccccc1. The van der Waals surface area contributed by atoms with Crippen LogP contribution in [0.5, 0.6) is 0 Å². The average molecular weight is 430 g/mol. The molecule has 0 aromatic heterocycles. The smallest absolute Gasteiger partial charge is 0.170 e. The first kappa shape index (κ1) is 24.3. The number of hydrogen-bond acceptors (Lipinski definition) is 0. The van der Waals surface area contributed by atoms with Gasteiger partial charge in [0.15, 0.2) is 5.41 Å². The van der Waals surface area contributed by atoms with Crippen LogP contribution in [0, 0.1) is 5.41 Å². The van der Waals surface area contributed by atoms with E-state index in [0.29, 0.717) is 0 Å². The van der Waals surface area contributed by atoms with Gasteiger partial charge in [0, 0.05) is 10.8 Å². The lowest BCUT2D eigenvalue weighted by Crippen LogP contribution is -2.71. The summed E-state index contributed by atoms with van der Waals surface area (Å²) in [7, 11) is 0. The molecule has 0 aliphatic rings. The molecule has 0 spiro atoms. The van der Waals surface area contributed by atoms with E-state index in [4.69, 9.17) is 0 Å². The summed E-state index contributed by atoms with van der Waals surface area (Å²) in [5, 5.41) is 0. The van der Waals surface area contributed by atoms with Gasteiger partial charge in [-0.1, -0.05) is 88.4 Å². The molecule has 30 heavy (non-hydrogen) atoms. The van der Waals surface area contributed by atoms with E-state index in [1.807, 2.05) is 0 Å². The Morgan fingerprint density at radius 1 is 0.567 bits per heavy atom. The van der Waals surface area contributed by atoms with Crippen LogP contribution >= 0.6 is 0 Å². The first-order chi connectivity index (χ1) is 13.9. The summed E-state index contributed by atoms with van der Waals surface area (Å²) in [5.41, 5.74) is -8.36. The molecule has 2 rings (SSSR count). The first-order valence-electron chi connectivity index (χ1n) is 10.1. The minimum absolute atomic E-state index is 0.0318. The Morgan fingerprint density at radius 2 is 0.933 bits per heavy atom. The van der Waals surface area contributed by atoms with E-state index in [9.17, 15) is 0 Å². The predicted octanol–water partition coefficient (Wildman–Crippen LogP) is 8.22. The Hall–Kier alpha value is -1.98. The highest BCUT2D eigenvalue weighted by Crippen LogP contribution is 2.71. The molecule has 0 heterocycles. The van der Waals surface area contributed by atoms with Crippen LogP contribution in [-0.2, 0) is 10.8 Å². The molecule has 0 saturated carbocycles. The van der Waals surface area contributed by atoms with E-state index in [1.54, 1.807) is 12.1 Å². The highest BCUT2D eigenvalue weighted by molar-refractivity contribution is 5.40. The maximum atomic E-state index is 15.1. The summed E-state index contributed by atoms with van der Waals surface area (Å²) >= 11 is 0. The largest absolute Gasteiger partial charge is 0.404 e. The zero-order chi connectivity index (χ0) is 22.8. The first-order valence-corrected chi connectivity index (χ1v) is 10.1. The van der Waals surface area contributed by atoms with Crippen molar-refractivity contribution in [3.63, 3.8) is 0 Å². The average Bonchev–Trinajstić information content (AvgIpc) is 2.71. The third-order valence-electron chi connectivity index (χ3n) is 7.05. The van der Waals surface area contributed by atoms with Gasteiger partial charge in [-0.2, -0.15) is 26.3 Å². The second kappa shape index (κ2) is 8.27. The normalized spacial score (nSPS) is 15.7. The molecule has 0 radical (unpaired) electrons. The van der Waals surface area contributed by atoms with Gasteiger partial charge in [-0.3, -0.25) is 0 Å². The van der Waals surface area contributed by atoms with Gasteiger partial charge < -0.3 is 0 Å². The van der Waals surface area contributed by atoms with Gasteiger partial charge >= 0.3 is 12.4 Å². The highest BCUT2D eigenvalue weighted by atomic mass is 19.4. The molecular formula is C24H28F6. The van der Waals surface area contributed by atoms with Crippen molar-refractivity contribution in [1.29, 1.82) is 0 Å². The number of alkyl halides is 6. The van der Waals surface area contributed by atoms with E-state index < -0.39 is 28.6 Å². The summed E-state index contributed by atoms with van der Waals surface area (Å²) < 4.78 is 90.4. The minimum Gasteiger partial charge on any atom is -0.170 e. The van der Waals surface area contributed by atoms with E-state index in [1.165, 1.54) is 69.3 Å². The lowest BCUT2D eigenvalue weighted by Gasteiger charge is -2.60. The predicted molar refractivity (Wildman–Crippen MR) is 107 cm³/mol. The van der Waals surface area contributed by atoms with E-state index in [-0.39, 0.29) is 30.4 Å². The minimum atomic E-state index is -5.55. The molecule has 0 bridgehead atoms. The molecule has 0 N–H and O–H groups in total. The Kier molecular flexibility index (Phi) is 6.70. The van der Waals surface area contributed by atoms with E-state index >= 15 is 26.3 Å². The van der Waals surface area contributed by atoms with Gasteiger partial charge in [-0.25, -0.2) is 0 Å². The Bertz CT molecular complexity index is 789. The number of rotatable bonds is 7. The molecule has 0 aliphatic carbocycles. The zero-order valence-corrected chi connectivity index (χ0v) is 17.7. The van der Waals surface area contributed by atoms with E-state index in [2.05, 4.69) is 0 Å². The molecule has 2 aromatic carbocycles. The quantitative estimate of drug-likeness (QED) is 0.388. The van der Waals surface area contributed by atoms with Crippen molar-refractivity contribution in [1.82, 2.24) is 0 Å². The monoisotopic (exact) mass is 430 g/mol. The molecule has 6 heteroatoms. The van der Waals surface area contributed by atoms with Gasteiger partial charge in [0.2, 0.25) is 0 Å². The van der Waals surface area contributed by atoms with Crippen LogP contribution in [0.15, 0.2) is 60.7 Å². The second-order valence-electron chi connectivity index (χ2n) is 7.95. The van der Waals surface area contributed by atoms with Crippen molar-refractivity contribution in [2.24, 2.45) is 5.41 Å². The van der Waals surface area contributed by atoms with Gasteiger partial charge in [0.1, 0.15) is 0 Å². The standard InChI is InChI=1S/C24H28F6/c1-5-20(4,18-14-10-8-11-15-18)22(23(25,26)27,24(28,29)30)21(6-2,7-3)19-16-12-9-13-17-19/h8-17H,5-7H2,1-4H3. The molecule has 0 nitrogen and oxygen atoms in total. The van der Waals surface area contributed by atoms with Crippen LogP contribution in [0.3, 0.4) is 0 Å². The van der Waals surface area contributed by atoms with Crippen LogP contribution in [-0.4, -0.2) is 12.4 Å². The fourth-order valence-corrected chi connectivity index (χ4v) is 5.51. The van der Waals surface area contributed by atoms with Crippen molar-refractivity contribution >= 4 is 0 Å². The van der Waals surface area contributed by atoms with Crippen LogP contribution in [0.4, 0.5) is 26.3 Å². The summed E-state index contributed by atoms with van der Waals surface area (Å²) in [5.74, 6) is 0. The lowest BCUT2D eigenvalue weighted by molar-refractivity contribution is -0.389. The van der Waals surface area contributed by atoms with Crippen LogP contribution in [0.1, 0.15) is 58.1 Å². The number of benzene rings is 2. The van der Waals surface area contributed by atoms with Crippen molar-refractivity contribution in [2.45, 2.75) is 70.1 Å². The van der Waals surface area contributed by atoms with Crippen LogP contribution in [0.25, 0.3) is 0 Å². The Balaban J connectivity index is 3.15. The molecule has 166 valence electrons. The maximum Gasteiger partial charge on any atom is 0.404 e. The number of hydrogen-bond donors (Lipinski definition) is 0. The van der Waals surface area contributed by atoms with Crippen molar-refractivity contribution < 1.29 is 26.3 Å². The molecule has 1 atom stereocenters. The summed E-state index contributed by atoms with van der Waals surface area (Å²) in [6.07, 6.45) is -12.0. The molecule has 0 amide bonds. The fourth-order valence-electron chi connectivity index (χ4n) is 5.51. The summed E-state index contributed by atoms with van der Waals surface area (Å²) in [6, 6.07) is 14.7. The molecular weight excluding hydrogens is 402 g/mol. The molecule has 2 aromatic rings. The van der Waals surface area contributed by atoms with Gasteiger partial charge in [-0.05, 0) is 30.4 Å². The van der Waals surface area contributed by atoms with Crippen molar-refractivity contribution in [2.75, 3.05) is 0 Å². The fraction of sp³-hybridized carbons (Fsp3) is 0.500. The van der Waals surface area contributed by atoms with Crippen LogP contribution in [0.2, 0.25) is 0 Å². The molecule has 0 saturated heterocycles. The third-order valence-corrected chi connectivity index (χ3v) is 7.05. The van der Waals surface area contributed by atoms with Gasteiger partial charge in [-0.15, -0.1) is 0 Å². The molecule has 0 fully saturated rings. The third kappa shape index (κ3) is 3.23. The Morgan fingerprint density at radius 3 is 1.23 bits per heavy atom. The topological polar surface area (TPSA) is 0 Å². The van der Waals surface area contributed by atoms with Gasteiger partial charge in [0.05, 0.1) is 0 Å².